The molecule has 0 fully saturated rings. The monoisotopic (exact) mass is 251 g/mol. The van der Waals surface area contributed by atoms with Gasteiger partial charge in [-0.2, -0.15) is 11.8 Å². The lowest BCUT2D eigenvalue weighted by molar-refractivity contribution is 0.603. The van der Waals surface area contributed by atoms with E-state index in [2.05, 4.69) is 18.8 Å². The maximum Gasteiger partial charge on any atom is 0.148 e. The first-order chi connectivity index (χ1) is 6.95. The summed E-state index contributed by atoms with van der Waals surface area (Å²) >= 11 is 1.63. The van der Waals surface area contributed by atoms with Crippen LogP contribution in [0.1, 0.15) is 13.3 Å². The minimum atomic E-state index is -2.81. The van der Waals surface area contributed by atoms with Gasteiger partial charge in [0.05, 0.1) is 5.75 Å². The fourth-order valence-corrected chi connectivity index (χ4v) is 3.14. The lowest BCUT2D eigenvalue weighted by atomic mass is 10.3. The predicted molar refractivity (Wildman–Crippen MR) is 69.3 cm³/mol. The quantitative estimate of drug-likeness (QED) is 0.496. The van der Waals surface area contributed by atoms with E-state index < -0.39 is 9.84 Å². The van der Waals surface area contributed by atoms with Crippen LogP contribution in [0.15, 0.2) is 12.2 Å². The molecule has 0 unspecified atom stereocenters. The third-order valence-electron chi connectivity index (χ3n) is 1.71. The largest absolute Gasteiger partial charge is 0.313 e. The molecule has 90 valence electrons. The summed E-state index contributed by atoms with van der Waals surface area (Å²) in [6, 6.07) is 0. The highest BCUT2D eigenvalue weighted by Gasteiger charge is 2.01. The molecule has 0 bridgehead atoms. The highest BCUT2D eigenvalue weighted by Crippen LogP contribution is 2.06. The summed E-state index contributed by atoms with van der Waals surface area (Å²) in [6.07, 6.45) is 2.39. The molecule has 0 aromatic rings. The molecule has 0 rings (SSSR count). The first kappa shape index (κ1) is 15.0. The van der Waals surface area contributed by atoms with Crippen molar-refractivity contribution in [2.45, 2.75) is 13.3 Å². The lowest BCUT2D eigenvalue weighted by Crippen LogP contribution is -2.18. The van der Waals surface area contributed by atoms with Gasteiger partial charge < -0.3 is 5.32 Å². The van der Waals surface area contributed by atoms with Gasteiger partial charge in [-0.15, -0.1) is 0 Å². The number of rotatable bonds is 9. The summed E-state index contributed by atoms with van der Waals surface area (Å²) in [4.78, 5) is 0. The lowest BCUT2D eigenvalue weighted by Gasteiger charge is -2.06. The van der Waals surface area contributed by atoms with E-state index in [0.717, 1.165) is 30.8 Å². The molecule has 0 aliphatic rings. The third-order valence-corrected chi connectivity index (χ3v) is 4.02. The Morgan fingerprint density at radius 1 is 1.47 bits per heavy atom. The van der Waals surface area contributed by atoms with E-state index in [1.165, 1.54) is 6.26 Å². The van der Waals surface area contributed by atoms with Gasteiger partial charge in [-0.25, -0.2) is 8.42 Å². The van der Waals surface area contributed by atoms with E-state index in [4.69, 9.17) is 0 Å². The zero-order valence-corrected chi connectivity index (χ0v) is 11.2. The maximum atomic E-state index is 10.8. The van der Waals surface area contributed by atoms with Crippen molar-refractivity contribution in [1.82, 2.24) is 5.32 Å². The smallest absolute Gasteiger partial charge is 0.148 e. The second kappa shape index (κ2) is 8.19. The molecule has 0 saturated heterocycles. The molecule has 0 aliphatic heterocycles. The van der Waals surface area contributed by atoms with Gasteiger partial charge in [0.15, 0.2) is 0 Å². The van der Waals surface area contributed by atoms with Gasteiger partial charge in [0.25, 0.3) is 0 Å². The van der Waals surface area contributed by atoms with Crippen LogP contribution in [-0.2, 0) is 9.84 Å². The maximum absolute atomic E-state index is 10.8. The second-order valence-electron chi connectivity index (χ2n) is 3.61. The fourth-order valence-electron chi connectivity index (χ4n) is 0.920. The highest BCUT2D eigenvalue weighted by atomic mass is 32.2. The third kappa shape index (κ3) is 11.9. The zero-order chi connectivity index (χ0) is 11.7. The molecule has 0 radical (unpaired) electrons. The van der Waals surface area contributed by atoms with Crippen LogP contribution < -0.4 is 5.32 Å². The second-order valence-corrected chi connectivity index (χ2v) is 6.97. The summed E-state index contributed by atoms with van der Waals surface area (Å²) in [5, 5.41) is 3.26. The molecule has 0 saturated carbocycles. The first-order valence-electron chi connectivity index (χ1n) is 5.08. The van der Waals surface area contributed by atoms with E-state index in [-0.39, 0.29) is 5.75 Å². The molecule has 15 heavy (non-hydrogen) atoms. The molecule has 0 amide bonds. The van der Waals surface area contributed by atoms with Crippen molar-refractivity contribution in [2.24, 2.45) is 0 Å². The van der Waals surface area contributed by atoms with Crippen molar-refractivity contribution in [3.8, 4) is 0 Å². The minimum Gasteiger partial charge on any atom is -0.313 e. The Kier molecular flexibility index (Phi) is 8.19. The summed E-state index contributed by atoms with van der Waals surface area (Å²) in [5.74, 6) is 1.76. The average molecular weight is 251 g/mol. The summed E-state index contributed by atoms with van der Waals surface area (Å²) in [7, 11) is -2.81. The number of hydrogen-bond donors (Lipinski definition) is 1. The molecule has 0 aromatic heterocycles. The minimum absolute atomic E-state index is 0.257. The average Bonchev–Trinajstić information content (AvgIpc) is 2.11. The zero-order valence-electron chi connectivity index (χ0n) is 9.58. The first-order valence-corrected chi connectivity index (χ1v) is 8.30. The Bertz CT molecular complexity index is 273. The highest BCUT2D eigenvalue weighted by molar-refractivity contribution is 8.00. The Morgan fingerprint density at radius 2 is 2.13 bits per heavy atom. The molecule has 0 heterocycles. The van der Waals surface area contributed by atoms with Crippen molar-refractivity contribution >= 4 is 21.6 Å². The van der Waals surface area contributed by atoms with E-state index in [0.29, 0.717) is 5.75 Å². The molecular formula is C10H21NO2S2. The van der Waals surface area contributed by atoms with E-state index >= 15 is 0 Å². The van der Waals surface area contributed by atoms with E-state index in [9.17, 15) is 8.42 Å². The van der Waals surface area contributed by atoms with Crippen LogP contribution in [0.3, 0.4) is 0 Å². The van der Waals surface area contributed by atoms with Gasteiger partial charge >= 0.3 is 0 Å². The molecule has 0 aromatic carbocycles. The van der Waals surface area contributed by atoms with Crippen molar-refractivity contribution in [3.63, 3.8) is 0 Å². The van der Waals surface area contributed by atoms with E-state index in [1.807, 2.05) is 0 Å². The normalized spacial score (nSPS) is 11.6. The van der Waals surface area contributed by atoms with Gasteiger partial charge in [0.1, 0.15) is 9.84 Å². The van der Waals surface area contributed by atoms with Gasteiger partial charge in [-0.05, 0) is 13.0 Å². The van der Waals surface area contributed by atoms with Crippen molar-refractivity contribution in [3.05, 3.63) is 12.2 Å². The van der Waals surface area contributed by atoms with Crippen LogP contribution in [0.4, 0.5) is 0 Å². The topological polar surface area (TPSA) is 46.2 Å². The van der Waals surface area contributed by atoms with Gasteiger partial charge in [-0.1, -0.05) is 19.1 Å². The molecule has 1 N–H and O–H groups in total. The fraction of sp³-hybridized carbons (Fsp3) is 0.800. The van der Waals surface area contributed by atoms with Gasteiger partial charge in [0, 0.05) is 24.3 Å². The van der Waals surface area contributed by atoms with Crippen LogP contribution in [0.2, 0.25) is 0 Å². The van der Waals surface area contributed by atoms with Crippen molar-refractivity contribution < 1.29 is 8.42 Å². The SMILES string of the molecule is C=C(CNCCC)CSCCS(C)(=O)=O. The summed E-state index contributed by atoms with van der Waals surface area (Å²) in [5.41, 5.74) is 1.13. The van der Waals surface area contributed by atoms with Gasteiger partial charge in [0.2, 0.25) is 0 Å². The summed E-state index contributed by atoms with van der Waals surface area (Å²) < 4.78 is 21.7. The summed E-state index contributed by atoms with van der Waals surface area (Å²) in [6.45, 7) is 7.89. The molecule has 0 spiro atoms. The van der Waals surface area contributed by atoms with E-state index in [1.54, 1.807) is 11.8 Å². The van der Waals surface area contributed by atoms with Crippen LogP contribution in [0.5, 0.6) is 0 Å². The number of thioether (sulfide) groups is 1. The van der Waals surface area contributed by atoms with Crippen LogP contribution in [0.25, 0.3) is 0 Å². The van der Waals surface area contributed by atoms with Crippen LogP contribution >= 0.6 is 11.8 Å². The predicted octanol–water partition coefficient (Wildman–Crippen LogP) is 1.32. The van der Waals surface area contributed by atoms with Crippen molar-refractivity contribution in [2.75, 3.05) is 36.6 Å². The molecule has 3 nitrogen and oxygen atoms in total. The molecule has 0 atom stereocenters. The molecule has 5 heteroatoms. The number of nitrogens with one attached hydrogen (secondary N) is 1. The Hall–Kier alpha value is -0.0000000000000000555. The van der Waals surface area contributed by atoms with Crippen LogP contribution in [0, 0.1) is 0 Å². The Balaban J connectivity index is 3.39. The number of sulfone groups is 1. The Labute approximate surface area is 97.6 Å². The number of hydrogen-bond acceptors (Lipinski definition) is 4. The molecular weight excluding hydrogens is 230 g/mol. The Morgan fingerprint density at radius 3 is 2.67 bits per heavy atom. The standard InChI is InChI=1S/C10H21NO2S2/c1-4-5-11-8-10(2)9-14-6-7-15(3,12)13/h11H,2,4-9H2,1,3H3. The van der Waals surface area contributed by atoms with Crippen LogP contribution in [-0.4, -0.2) is 45.0 Å². The van der Waals surface area contributed by atoms with Gasteiger partial charge in [-0.3, -0.25) is 0 Å². The molecule has 0 aliphatic carbocycles. The van der Waals surface area contributed by atoms with Crippen molar-refractivity contribution in [1.29, 1.82) is 0 Å².